The lowest BCUT2D eigenvalue weighted by atomic mass is 10.1. The highest BCUT2D eigenvalue weighted by molar-refractivity contribution is 5.75. The van der Waals surface area contributed by atoms with Gasteiger partial charge in [-0.1, -0.05) is 0 Å². The van der Waals surface area contributed by atoms with Gasteiger partial charge in [-0.05, 0) is 19.2 Å². The van der Waals surface area contributed by atoms with Crippen molar-refractivity contribution in [3.63, 3.8) is 0 Å². The van der Waals surface area contributed by atoms with Crippen molar-refractivity contribution in [2.45, 2.75) is 25.2 Å². The second kappa shape index (κ2) is 6.24. The summed E-state index contributed by atoms with van der Waals surface area (Å²) in [5.41, 5.74) is 15.2. The number of nitrogens with two attached hydrogens (primary N) is 3. The predicted molar refractivity (Wildman–Crippen MR) is 50.1 cm³/mol. The van der Waals surface area contributed by atoms with Gasteiger partial charge in [-0.15, -0.1) is 0 Å². The Morgan fingerprint density at radius 1 is 1.54 bits per heavy atom. The Morgan fingerprint density at radius 2 is 2.15 bits per heavy atom. The molecule has 0 heterocycles. The van der Waals surface area contributed by atoms with E-state index >= 15 is 0 Å². The number of aliphatic carboxylic acids is 1. The van der Waals surface area contributed by atoms with E-state index in [1.807, 2.05) is 0 Å². The minimum Gasteiger partial charge on any atom is -0.480 e. The van der Waals surface area contributed by atoms with Crippen LogP contribution in [0.1, 0.15) is 24.6 Å². The van der Waals surface area contributed by atoms with E-state index in [-0.39, 0.29) is 5.96 Å². The lowest BCUT2D eigenvalue weighted by molar-refractivity contribution is -0.138. The number of rotatable bonds is 6. The van der Waals surface area contributed by atoms with Gasteiger partial charge in [0.2, 0.25) is 0 Å². The number of nitrogens with zero attached hydrogens (tertiary/aromatic N) is 1. The molecule has 13 heavy (non-hydrogen) atoms. The molecule has 0 bridgehead atoms. The van der Waals surface area contributed by atoms with Gasteiger partial charge in [0, 0.05) is 12.0 Å². The van der Waals surface area contributed by atoms with Crippen LogP contribution in [0.2, 0.25) is 0 Å². The molecule has 0 spiro atoms. The summed E-state index contributed by atoms with van der Waals surface area (Å²) in [6.07, 6.45) is -5.54. The fraction of sp³-hybridized carbons (Fsp3) is 0.714. The van der Waals surface area contributed by atoms with Crippen LogP contribution in [0, 0.1) is 0 Å². The molecule has 0 fully saturated rings. The zero-order valence-electron chi connectivity index (χ0n) is 11.0. The quantitative estimate of drug-likeness (QED) is 0.312. The Morgan fingerprint density at radius 3 is 2.62 bits per heavy atom. The molecule has 6 heteroatoms. The van der Waals surface area contributed by atoms with E-state index in [0.717, 1.165) is 0 Å². The van der Waals surface area contributed by atoms with Gasteiger partial charge in [-0.25, -0.2) is 0 Å². The van der Waals surface area contributed by atoms with Crippen LogP contribution in [0.25, 0.3) is 0 Å². The van der Waals surface area contributed by atoms with Crippen molar-refractivity contribution in [2.75, 3.05) is 6.54 Å². The lowest BCUT2D eigenvalue weighted by Gasteiger charge is -2.04. The molecule has 6 nitrogen and oxygen atoms in total. The average Bonchev–Trinajstić information content (AvgIpc) is 2.13. The fourth-order valence-corrected chi connectivity index (χ4v) is 0.456. The summed E-state index contributed by atoms with van der Waals surface area (Å²) in [4.78, 5) is 13.9. The minimum absolute atomic E-state index is 0.368. The standard InChI is InChI=1S/C7H16N4O2/c8-5(6(12)13)3-1-2-4-11-7(9)10/h5H,1-4,8H2,(H,12,13)(H4,9,10,11)/t5-/m0/s1/i1D2,2D2. The molecule has 0 aliphatic carbocycles. The van der Waals surface area contributed by atoms with Crippen molar-refractivity contribution < 1.29 is 15.4 Å². The molecule has 76 valence electrons. The third-order valence-electron chi connectivity index (χ3n) is 1.10. The summed E-state index contributed by atoms with van der Waals surface area (Å²) in [5.74, 6) is -1.77. The van der Waals surface area contributed by atoms with Gasteiger partial charge in [0.1, 0.15) is 6.04 Å². The predicted octanol–water partition coefficient (Wildman–Crippen LogP) is -1.16. The fourth-order valence-electron chi connectivity index (χ4n) is 0.456. The van der Waals surface area contributed by atoms with Crippen LogP contribution >= 0.6 is 0 Å². The molecular formula is C7H16N4O2. The minimum atomic E-state index is -2.45. The van der Waals surface area contributed by atoms with E-state index in [1.165, 1.54) is 0 Å². The van der Waals surface area contributed by atoms with Crippen molar-refractivity contribution in [3.05, 3.63) is 0 Å². The maximum Gasteiger partial charge on any atom is 0.320 e. The van der Waals surface area contributed by atoms with Crippen molar-refractivity contribution >= 4 is 11.9 Å². The first kappa shape index (κ1) is 6.20. The first-order valence-corrected chi connectivity index (χ1v) is 3.53. The van der Waals surface area contributed by atoms with E-state index in [0.29, 0.717) is 0 Å². The van der Waals surface area contributed by atoms with Crippen molar-refractivity contribution in [1.82, 2.24) is 0 Å². The molecule has 0 saturated heterocycles. The topological polar surface area (TPSA) is 128 Å². The number of carbonyl (C=O) groups is 1. The number of hydrogen-bond donors (Lipinski definition) is 4. The molecule has 0 saturated carbocycles. The Kier molecular flexibility index (Phi) is 2.98. The first-order chi connectivity index (χ1) is 7.49. The normalized spacial score (nSPS) is 18.8. The van der Waals surface area contributed by atoms with E-state index in [9.17, 15) is 4.79 Å². The highest BCUT2D eigenvalue weighted by Gasteiger charge is 2.09. The summed E-state index contributed by atoms with van der Waals surface area (Å²) in [5, 5.41) is 8.55. The molecule has 0 aromatic heterocycles. The molecular weight excluding hydrogens is 172 g/mol. The molecule has 0 aliphatic heterocycles. The van der Waals surface area contributed by atoms with Gasteiger partial charge < -0.3 is 22.3 Å². The SMILES string of the molecule is [2H]C([2H])(CN=C(N)N)C([2H])([2H])C[C@H](N)C(=O)O. The van der Waals surface area contributed by atoms with E-state index in [4.69, 9.17) is 27.8 Å². The van der Waals surface area contributed by atoms with Crippen LogP contribution in [0.5, 0.6) is 0 Å². The summed E-state index contributed by atoms with van der Waals surface area (Å²) < 4.78 is 30.0. The number of guanidine groups is 1. The van der Waals surface area contributed by atoms with Crippen LogP contribution in [0.4, 0.5) is 0 Å². The van der Waals surface area contributed by atoms with E-state index in [2.05, 4.69) is 4.99 Å². The summed E-state index contributed by atoms with van der Waals surface area (Å²) in [6, 6.07) is -1.49. The number of carboxylic acids is 1. The smallest absolute Gasteiger partial charge is 0.320 e. The average molecular weight is 192 g/mol. The molecule has 0 unspecified atom stereocenters. The van der Waals surface area contributed by atoms with Crippen molar-refractivity contribution in [3.8, 4) is 0 Å². The lowest BCUT2D eigenvalue weighted by Crippen LogP contribution is -2.29. The maximum absolute atomic E-state index is 10.5. The molecule has 7 N–H and O–H groups in total. The van der Waals surface area contributed by atoms with Gasteiger partial charge in [-0.3, -0.25) is 9.79 Å². The van der Waals surface area contributed by atoms with Crippen LogP contribution in [-0.2, 0) is 4.79 Å². The molecule has 0 amide bonds. The Hall–Kier alpha value is -1.30. The van der Waals surface area contributed by atoms with Crippen LogP contribution < -0.4 is 17.2 Å². The number of hydrogen-bond acceptors (Lipinski definition) is 3. The summed E-state index contributed by atoms with van der Waals surface area (Å²) in [6.45, 7) is -0.603. The Balaban J connectivity index is 4.77. The van der Waals surface area contributed by atoms with Crippen molar-refractivity contribution in [2.24, 2.45) is 22.2 Å². The van der Waals surface area contributed by atoms with Gasteiger partial charge >= 0.3 is 5.97 Å². The highest BCUT2D eigenvalue weighted by Crippen LogP contribution is 1.99. The van der Waals surface area contributed by atoms with E-state index < -0.39 is 37.7 Å². The molecule has 0 rings (SSSR count). The largest absolute Gasteiger partial charge is 0.480 e. The molecule has 0 aromatic carbocycles. The molecule has 0 radical (unpaired) electrons. The highest BCUT2D eigenvalue weighted by atomic mass is 16.4. The molecule has 0 aliphatic rings. The van der Waals surface area contributed by atoms with Gasteiger partial charge in [0.15, 0.2) is 5.96 Å². The Bertz CT molecular complexity index is 317. The number of carboxylic acid groups (broad SMARTS) is 1. The van der Waals surface area contributed by atoms with Gasteiger partial charge in [-0.2, -0.15) is 0 Å². The molecule has 1 atom stereocenters. The number of aliphatic imine (C=N–C) groups is 1. The van der Waals surface area contributed by atoms with Crippen LogP contribution in [0.15, 0.2) is 4.99 Å². The van der Waals surface area contributed by atoms with Crippen LogP contribution in [-0.4, -0.2) is 29.6 Å². The van der Waals surface area contributed by atoms with Gasteiger partial charge in [0.25, 0.3) is 0 Å². The zero-order chi connectivity index (χ0) is 13.9. The van der Waals surface area contributed by atoms with Crippen molar-refractivity contribution in [1.29, 1.82) is 0 Å². The second-order valence-electron chi connectivity index (χ2n) is 2.24. The third kappa shape index (κ3) is 7.07. The van der Waals surface area contributed by atoms with E-state index in [1.54, 1.807) is 0 Å². The Labute approximate surface area is 82.4 Å². The van der Waals surface area contributed by atoms with Crippen LogP contribution in [0.3, 0.4) is 0 Å². The summed E-state index contributed by atoms with van der Waals surface area (Å²) in [7, 11) is 0. The monoisotopic (exact) mass is 192 g/mol. The zero-order valence-corrected chi connectivity index (χ0v) is 7.03. The van der Waals surface area contributed by atoms with Gasteiger partial charge in [0.05, 0.1) is 0 Å². The first-order valence-electron chi connectivity index (χ1n) is 5.53. The maximum atomic E-state index is 10.5. The molecule has 0 aromatic rings. The summed E-state index contributed by atoms with van der Waals surface area (Å²) >= 11 is 0. The third-order valence-corrected chi connectivity index (χ3v) is 1.10. The second-order valence-corrected chi connectivity index (χ2v) is 2.24.